The summed E-state index contributed by atoms with van der Waals surface area (Å²) < 4.78 is 6.11. The van der Waals surface area contributed by atoms with Crippen molar-refractivity contribution in [2.24, 2.45) is 21.1 Å². The van der Waals surface area contributed by atoms with Gasteiger partial charge < -0.3 is 14.5 Å². The number of imidazole rings is 2. The summed E-state index contributed by atoms with van der Waals surface area (Å²) in [5.74, 6) is 0.660. The maximum Gasteiger partial charge on any atom is 0.332 e. The molecule has 30 heavy (non-hydrogen) atoms. The number of aromatic amines is 1. The van der Waals surface area contributed by atoms with E-state index in [2.05, 4.69) is 14.9 Å². The first-order valence-electron chi connectivity index (χ1n) is 9.95. The molecule has 156 valence electrons. The van der Waals surface area contributed by atoms with Crippen LogP contribution in [0.3, 0.4) is 0 Å². The molecule has 0 amide bonds. The normalized spacial score (nSPS) is 15.5. The zero-order valence-corrected chi connectivity index (χ0v) is 17.1. The fraction of sp³-hybridized carbons (Fsp3) is 0.400. The van der Waals surface area contributed by atoms with Crippen LogP contribution in [0.5, 0.6) is 0 Å². The molecular weight excluding hydrogens is 386 g/mol. The predicted octanol–water partition coefficient (Wildman–Crippen LogP) is 0.455. The maximum atomic E-state index is 12.6. The van der Waals surface area contributed by atoms with Crippen LogP contribution in [0.4, 0.5) is 5.95 Å². The lowest BCUT2D eigenvalue weighted by atomic mass is 10.0. The van der Waals surface area contributed by atoms with Crippen molar-refractivity contribution in [3.63, 3.8) is 0 Å². The van der Waals surface area contributed by atoms with E-state index < -0.39 is 5.69 Å². The molecule has 0 bridgehead atoms. The number of anilines is 1. The number of benzene rings is 1. The molecule has 0 atom stereocenters. The zero-order chi connectivity index (χ0) is 21.2. The Balaban J connectivity index is 1.49. The molecule has 10 nitrogen and oxygen atoms in total. The van der Waals surface area contributed by atoms with Crippen LogP contribution >= 0.6 is 0 Å². The van der Waals surface area contributed by atoms with Gasteiger partial charge in [0.15, 0.2) is 11.2 Å². The number of aryl methyl sites for hydroxylation is 2. The number of hydrogen-bond donors (Lipinski definition) is 1. The molecule has 1 aromatic carbocycles. The highest BCUT2D eigenvalue weighted by molar-refractivity contribution is 5.75. The van der Waals surface area contributed by atoms with Crippen molar-refractivity contribution in [3.8, 4) is 0 Å². The topological polar surface area (TPSA) is 103 Å². The second kappa shape index (κ2) is 6.48. The average molecular weight is 409 g/mol. The molecule has 0 radical (unpaired) electrons. The van der Waals surface area contributed by atoms with Gasteiger partial charge in [0.1, 0.15) is 0 Å². The third kappa shape index (κ3) is 2.49. The molecule has 0 unspecified atom stereocenters. The van der Waals surface area contributed by atoms with Crippen LogP contribution < -0.4 is 21.8 Å². The fourth-order valence-corrected chi connectivity index (χ4v) is 4.55. The lowest BCUT2D eigenvalue weighted by molar-refractivity contribution is 0.393. The van der Waals surface area contributed by atoms with Crippen LogP contribution in [0.25, 0.3) is 22.2 Å². The second-order valence-electron chi connectivity index (χ2n) is 7.88. The van der Waals surface area contributed by atoms with Gasteiger partial charge in [0.25, 0.3) is 5.56 Å². The molecule has 0 aliphatic carbocycles. The Labute approximate surface area is 170 Å². The first-order valence-corrected chi connectivity index (χ1v) is 9.95. The van der Waals surface area contributed by atoms with Crippen LogP contribution in [0, 0.1) is 0 Å². The summed E-state index contributed by atoms with van der Waals surface area (Å²) in [6.07, 6.45) is 1.56. The quantitative estimate of drug-likeness (QED) is 0.518. The Kier molecular flexibility index (Phi) is 3.99. The van der Waals surface area contributed by atoms with Gasteiger partial charge in [-0.3, -0.25) is 18.5 Å². The van der Waals surface area contributed by atoms with E-state index in [1.807, 2.05) is 28.8 Å². The minimum atomic E-state index is -0.394. The van der Waals surface area contributed by atoms with Crippen LogP contribution in [0.2, 0.25) is 0 Å². The Morgan fingerprint density at radius 2 is 1.67 bits per heavy atom. The van der Waals surface area contributed by atoms with Gasteiger partial charge in [0.05, 0.1) is 11.0 Å². The van der Waals surface area contributed by atoms with E-state index in [1.165, 1.54) is 11.6 Å². The average Bonchev–Trinajstić information content (AvgIpc) is 3.27. The minimum absolute atomic E-state index is 0.0872. The van der Waals surface area contributed by atoms with E-state index in [0.29, 0.717) is 30.2 Å². The van der Waals surface area contributed by atoms with Crippen molar-refractivity contribution in [1.82, 2.24) is 28.2 Å². The summed E-state index contributed by atoms with van der Waals surface area (Å²) >= 11 is 0. The molecule has 0 spiro atoms. The molecule has 4 aromatic rings. The van der Waals surface area contributed by atoms with Crippen LogP contribution in [-0.2, 0) is 21.1 Å². The van der Waals surface area contributed by atoms with Crippen molar-refractivity contribution in [1.29, 1.82) is 0 Å². The van der Waals surface area contributed by atoms with E-state index in [9.17, 15) is 14.4 Å². The highest BCUT2D eigenvalue weighted by Gasteiger charge is 2.27. The van der Waals surface area contributed by atoms with Gasteiger partial charge >= 0.3 is 11.4 Å². The first-order chi connectivity index (χ1) is 14.4. The van der Waals surface area contributed by atoms with Crippen LogP contribution in [0.1, 0.15) is 18.9 Å². The molecule has 1 saturated heterocycles. The highest BCUT2D eigenvalue weighted by atomic mass is 16.2. The first kappa shape index (κ1) is 18.5. The Bertz CT molecular complexity index is 1460. The molecule has 4 heterocycles. The molecule has 0 saturated carbocycles. The van der Waals surface area contributed by atoms with Gasteiger partial charge in [-0.05, 0) is 25.0 Å². The largest absolute Gasteiger partial charge is 0.342 e. The highest BCUT2D eigenvalue weighted by Crippen LogP contribution is 2.28. The molecule has 10 heteroatoms. The maximum absolute atomic E-state index is 12.6. The number of aromatic nitrogens is 6. The van der Waals surface area contributed by atoms with Gasteiger partial charge in [0.2, 0.25) is 5.95 Å². The van der Waals surface area contributed by atoms with E-state index in [0.717, 1.165) is 28.4 Å². The Morgan fingerprint density at radius 3 is 2.40 bits per heavy atom. The van der Waals surface area contributed by atoms with Crippen molar-refractivity contribution in [2.75, 3.05) is 18.0 Å². The summed E-state index contributed by atoms with van der Waals surface area (Å²) in [6, 6.07) is 7.81. The summed E-state index contributed by atoms with van der Waals surface area (Å²) in [4.78, 5) is 47.0. The summed E-state index contributed by atoms with van der Waals surface area (Å²) in [5.41, 5.74) is 1.72. The lowest BCUT2D eigenvalue weighted by Crippen LogP contribution is -2.38. The molecule has 1 aliphatic rings. The summed E-state index contributed by atoms with van der Waals surface area (Å²) in [7, 11) is 4.89. The lowest BCUT2D eigenvalue weighted by Gasteiger charge is -2.33. The van der Waals surface area contributed by atoms with E-state index >= 15 is 0 Å². The number of piperidine rings is 1. The van der Waals surface area contributed by atoms with Crippen LogP contribution in [-0.4, -0.2) is 41.3 Å². The number of hydrogen-bond acceptors (Lipinski definition) is 5. The molecule has 1 N–H and O–H groups in total. The summed E-state index contributed by atoms with van der Waals surface area (Å²) in [5, 5.41) is 0. The van der Waals surface area contributed by atoms with E-state index in [1.54, 1.807) is 18.7 Å². The second-order valence-corrected chi connectivity index (χ2v) is 7.88. The molecule has 1 aliphatic heterocycles. The fourth-order valence-electron chi connectivity index (χ4n) is 4.55. The van der Waals surface area contributed by atoms with Crippen molar-refractivity contribution >= 4 is 28.1 Å². The standard InChI is InChI=1S/C20H23N7O3/c1-23-15-16(24(2)20(30)25(3)17(15)28)22-18(23)26-10-8-12(9-11-26)27-14-7-5-4-6-13(14)21-19(27)29/h4-7,12H,8-11H2,1-3H3,(H,21,29). The minimum Gasteiger partial charge on any atom is -0.342 e. The van der Waals surface area contributed by atoms with Crippen molar-refractivity contribution in [2.45, 2.75) is 18.9 Å². The third-order valence-electron chi connectivity index (χ3n) is 6.19. The van der Waals surface area contributed by atoms with Crippen molar-refractivity contribution in [3.05, 3.63) is 55.6 Å². The Hall–Kier alpha value is -3.56. The molecular formula is C20H23N7O3. The number of nitrogens with one attached hydrogen (secondary N) is 1. The summed E-state index contributed by atoms with van der Waals surface area (Å²) in [6.45, 7) is 1.39. The third-order valence-corrected chi connectivity index (χ3v) is 6.19. The molecule has 5 rings (SSSR count). The Morgan fingerprint density at radius 1 is 0.967 bits per heavy atom. The van der Waals surface area contributed by atoms with Crippen molar-refractivity contribution < 1.29 is 0 Å². The molecule has 3 aromatic heterocycles. The van der Waals surface area contributed by atoms with Gasteiger partial charge in [0, 0.05) is 40.3 Å². The molecule has 1 fully saturated rings. The van der Waals surface area contributed by atoms with Gasteiger partial charge in [-0.25, -0.2) is 9.59 Å². The van der Waals surface area contributed by atoms with Crippen LogP contribution in [0.15, 0.2) is 38.6 Å². The number of nitrogens with zero attached hydrogens (tertiary/aromatic N) is 6. The SMILES string of the molecule is Cn1c(=O)c2c(nc(N3CCC(n4c(=O)[nH]c5ccccc54)CC3)n2C)n(C)c1=O. The monoisotopic (exact) mass is 409 g/mol. The smallest absolute Gasteiger partial charge is 0.332 e. The van der Waals surface area contributed by atoms with E-state index in [4.69, 9.17) is 0 Å². The number of rotatable bonds is 2. The van der Waals surface area contributed by atoms with E-state index in [-0.39, 0.29) is 17.3 Å². The number of fused-ring (bicyclic) bond motifs is 2. The number of H-pyrrole nitrogens is 1. The zero-order valence-electron chi connectivity index (χ0n) is 17.1. The number of para-hydroxylation sites is 2. The predicted molar refractivity (Wildman–Crippen MR) is 114 cm³/mol. The van der Waals surface area contributed by atoms with Gasteiger partial charge in [-0.2, -0.15) is 4.98 Å². The van der Waals surface area contributed by atoms with Gasteiger partial charge in [-0.15, -0.1) is 0 Å². The van der Waals surface area contributed by atoms with Gasteiger partial charge in [-0.1, -0.05) is 12.1 Å².